The average Bonchev–Trinajstić information content (AvgIpc) is 3.05. The molecule has 0 saturated heterocycles. The minimum absolute atomic E-state index is 0.0307. The highest BCUT2D eigenvalue weighted by atomic mass is 35.5. The fourth-order valence-electron chi connectivity index (χ4n) is 4.72. The van der Waals surface area contributed by atoms with E-state index in [2.05, 4.69) is 5.32 Å². The lowest BCUT2D eigenvalue weighted by Gasteiger charge is -2.34. The van der Waals surface area contributed by atoms with Crippen LogP contribution < -0.4 is 14.4 Å². The quantitative estimate of drug-likeness (QED) is 0.169. The summed E-state index contributed by atoms with van der Waals surface area (Å²) in [7, 11) is -2.76. The maximum Gasteiger partial charge on any atom is 0.264 e. The molecule has 0 aliphatic rings. The van der Waals surface area contributed by atoms with Gasteiger partial charge >= 0.3 is 0 Å². The van der Waals surface area contributed by atoms with E-state index in [4.69, 9.17) is 27.9 Å². The Morgan fingerprint density at radius 2 is 1.42 bits per heavy atom. The highest BCUT2D eigenvalue weighted by molar-refractivity contribution is 7.92. The van der Waals surface area contributed by atoms with E-state index < -0.39 is 28.5 Å². The van der Waals surface area contributed by atoms with Crippen LogP contribution in [-0.2, 0) is 32.6 Å². The van der Waals surface area contributed by atoms with Crippen molar-refractivity contribution in [2.45, 2.75) is 37.2 Å². The summed E-state index contributed by atoms with van der Waals surface area (Å²) in [6.07, 6.45) is 0.932. The van der Waals surface area contributed by atoms with Crippen LogP contribution in [0.2, 0.25) is 10.0 Å². The van der Waals surface area contributed by atoms with Crippen molar-refractivity contribution in [3.63, 3.8) is 0 Å². The number of methoxy groups -OCH3 is 1. The van der Waals surface area contributed by atoms with Crippen molar-refractivity contribution in [1.82, 2.24) is 10.2 Å². The van der Waals surface area contributed by atoms with Crippen LogP contribution in [0.25, 0.3) is 0 Å². The Bertz CT molecular complexity index is 1670. The molecule has 4 aromatic carbocycles. The fraction of sp³-hybridized carbons (Fsp3) is 0.235. The summed E-state index contributed by atoms with van der Waals surface area (Å²) in [5, 5.41) is 3.86. The Labute approximate surface area is 274 Å². The number of nitrogens with zero attached hydrogens (tertiary/aromatic N) is 2. The summed E-state index contributed by atoms with van der Waals surface area (Å²) >= 11 is 12.3. The van der Waals surface area contributed by atoms with Gasteiger partial charge in [-0.3, -0.25) is 13.9 Å². The first-order valence-corrected chi connectivity index (χ1v) is 16.6. The number of nitrogens with one attached hydrogen (secondary N) is 1. The third kappa shape index (κ3) is 9.00. The van der Waals surface area contributed by atoms with Gasteiger partial charge in [-0.2, -0.15) is 0 Å². The predicted molar refractivity (Wildman–Crippen MR) is 178 cm³/mol. The number of hydrogen-bond donors (Lipinski definition) is 1. The molecule has 11 heteroatoms. The lowest BCUT2D eigenvalue weighted by atomic mass is 10.0. The van der Waals surface area contributed by atoms with Gasteiger partial charge in [-0.05, 0) is 78.2 Å². The molecule has 0 saturated carbocycles. The molecule has 0 spiro atoms. The largest absolute Gasteiger partial charge is 0.497 e. The topological polar surface area (TPSA) is 96.0 Å². The standard InChI is InChI=1S/C34H35Cl2N3O5S/c1-3-21-37-34(41)32(22-25-7-5-4-6-8-25)38(23-26-9-11-27(35)12-10-26)33(40)24-39(29-15-13-28(36)14-16-29)45(42,43)31-19-17-30(44-2)18-20-31/h4-20,32H,3,21-24H2,1-2H3,(H,37,41)/t32-/m0/s1. The summed E-state index contributed by atoms with van der Waals surface area (Å²) in [5.41, 5.74) is 1.82. The molecule has 45 heavy (non-hydrogen) atoms. The zero-order chi connectivity index (χ0) is 32.4. The van der Waals surface area contributed by atoms with Crippen LogP contribution in [-0.4, -0.2) is 51.4 Å². The SMILES string of the molecule is CCCNC(=O)[C@H](Cc1ccccc1)N(Cc1ccc(Cl)cc1)C(=O)CN(c1ccc(Cl)cc1)S(=O)(=O)c1ccc(OC)cc1. The zero-order valence-electron chi connectivity index (χ0n) is 25.0. The number of rotatable bonds is 14. The molecule has 0 aliphatic heterocycles. The van der Waals surface area contributed by atoms with Crippen molar-refractivity contribution < 1.29 is 22.7 Å². The van der Waals surface area contributed by atoms with Crippen LogP contribution in [0.3, 0.4) is 0 Å². The van der Waals surface area contributed by atoms with Gasteiger partial charge in [0, 0.05) is 29.6 Å². The molecule has 0 aromatic heterocycles. The molecule has 236 valence electrons. The van der Waals surface area contributed by atoms with Gasteiger partial charge in [0.25, 0.3) is 10.0 Å². The number of carbonyl (C=O) groups excluding carboxylic acids is 2. The van der Waals surface area contributed by atoms with E-state index in [0.29, 0.717) is 28.8 Å². The minimum atomic E-state index is -4.25. The third-order valence-corrected chi connectivity index (χ3v) is 9.42. The monoisotopic (exact) mass is 667 g/mol. The maximum atomic E-state index is 14.4. The number of carbonyl (C=O) groups is 2. The second kappa shape index (κ2) is 15.8. The van der Waals surface area contributed by atoms with E-state index in [-0.39, 0.29) is 29.5 Å². The van der Waals surface area contributed by atoms with Gasteiger partial charge in [-0.1, -0.05) is 72.6 Å². The fourth-order valence-corrected chi connectivity index (χ4v) is 6.38. The van der Waals surface area contributed by atoms with Gasteiger partial charge in [-0.15, -0.1) is 0 Å². The van der Waals surface area contributed by atoms with Crippen LogP contribution >= 0.6 is 23.2 Å². The number of hydrogen-bond acceptors (Lipinski definition) is 5. The number of sulfonamides is 1. The molecular weight excluding hydrogens is 633 g/mol. The van der Waals surface area contributed by atoms with E-state index in [1.807, 2.05) is 37.3 Å². The van der Waals surface area contributed by atoms with E-state index in [9.17, 15) is 18.0 Å². The Morgan fingerprint density at radius 3 is 2.00 bits per heavy atom. The summed E-state index contributed by atoms with van der Waals surface area (Å²) < 4.78 is 34.4. The zero-order valence-corrected chi connectivity index (χ0v) is 27.4. The van der Waals surface area contributed by atoms with Crippen molar-refractivity contribution in [2.24, 2.45) is 0 Å². The van der Waals surface area contributed by atoms with E-state index >= 15 is 0 Å². The van der Waals surface area contributed by atoms with Crippen LogP contribution in [0.15, 0.2) is 108 Å². The maximum absolute atomic E-state index is 14.4. The Morgan fingerprint density at radius 1 is 0.822 bits per heavy atom. The lowest BCUT2D eigenvalue weighted by molar-refractivity contribution is -0.140. The second-order valence-corrected chi connectivity index (χ2v) is 13.0. The minimum Gasteiger partial charge on any atom is -0.497 e. The predicted octanol–water partition coefficient (Wildman–Crippen LogP) is 6.36. The van der Waals surface area contributed by atoms with Gasteiger partial charge in [0.1, 0.15) is 18.3 Å². The molecule has 1 N–H and O–H groups in total. The van der Waals surface area contributed by atoms with Gasteiger partial charge in [0.2, 0.25) is 11.8 Å². The average molecular weight is 669 g/mol. The van der Waals surface area contributed by atoms with Crippen molar-refractivity contribution in [1.29, 1.82) is 0 Å². The number of ether oxygens (including phenoxy) is 1. The molecule has 4 aromatic rings. The normalized spacial score (nSPS) is 11.8. The van der Waals surface area contributed by atoms with Gasteiger partial charge < -0.3 is 15.0 Å². The van der Waals surface area contributed by atoms with Gasteiger partial charge in [0.05, 0.1) is 17.7 Å². The number of amides is 2. The first-order chi connectivity index (χ1) is 21.6. The Hall–Kier alpha value is -4.05. The van der Waals surface area contributed by atoms with Crippen molar-refractivity contribution >= 4 is 50.7 Å². The molecular formula is C34H35Cl2N3O5S. The first kappa shape index (κ1) is 33.8. The van der Waals surface area contributed by atoms with E-state index in [0.717, 1.165) is 15.4 Å². The lowest BCUT2D eigenvalue weighted by Crippen LogP contribution is -2.53. The highest BCUT2D eigenvalue weighted by Gasteiger charge is 2.34. The summed E-state index contributed by atoms with van der Waals surface area (Å²) in [6, 6.07) is 27.5. The molecule has 8 nitrogen and oxygen atoms in total. The summed E-state index contributed by atoms with van der Waals surface area (Å²) in [6.45, 7) is 1.84. The van der Waals surface area contributed by atoms with Crippen LogP contribution in [0.5, 0.6) is 5.75 Å². The smallest absolute Gasteiger partial charge is 0.264 e. The Balaban J connectivity index is 1.78. The van der Waals surface area contributed by atoms with Crippen molar-refractivity contribution in [3.05, 3.63) is 124 Å². The van der Waals surface area contributed by atoms with E-state index in [1.165, 1.54) is 48.4 Å². The molecule has 0 radical (unpaired) electrons. The highest BCUT2D eigenvalue weighted by Crippen LogP contribution is 2.27. The van der Waals surface area contributed by atoms with Crippen LogP contribution in [0.1, 0.15) is 24.5 Å². The molecule has 0 unspecified atom stereocenters. The Kier molecular flexibility index (Phi) is 11.9. The van der Waals surface area contributed by atoms with Crippen LogP contribution in [0, 0.1) is 0 Å². The molecule has 0 heterocycles. The molecule has 0 fully saturated rings. The third-order valence-electron chi connectivity index (χ3n) is 7.13. The molecule has 4 rings (SSSR count). The first-order valence-electron chi connectivity index (χ1n) is 14.4. The van der Waals surface area contributed by atoms with Gasteiger partial charge in [0.15, 0.2) is 0 Å². The number of halogens is 2. The molecule has 0 aliphatic carbocycles. The summed E-state index contributed by atoms with van der Waals surface area (Å²) in [4.78, 5) is 29.5. The van der Waals surface area contributed by atoms with Gasteiger partial charge in [-0.25, -0.2) is 8.42 Å². The van der Waals surface area contributed by atoms with Crippen LogP contribution in [0.4, 0.5) is 5.69 Å². The molecule has 2 amide bonds. The number of benzene rings is 4. The number of anilines is 1. The molecule has 1 atom stereocenters. The second-order valence-electron chi connectivity index (χ2n) is 10.3. The van der Waals surface area contributed by atoms with Crippen molar-refractivity contribution in [3.8, 4) is 5.75 Å². The summed E-state index contributed by atoms with van der Waals surface area (Å²) in [5.74, 6) is -0.414. The van der Waals surface area contributed by atoms with E-state index in [1.54, 1.807) is 36.4 Å². The van der Waals surface area contributed by atoms with Crippen molar-refractivity contribution in [2.75, 3.05) is 24.5 Å². The molecule has 0 bridgehead atoms.